The zero-order chi connectivity index (χ0) is 15.6. The lowest BCUT2D eigenvalue weighted by Crippen LogP contribution is -2.38. The van der Waals surface area contributed by atoms with Gasteiger partial charge in [-0.15, -0.1) is 11.3 Å². The van der Waals surface area contributed by atoms with E-state index < -0.39 is 10.0 Å². The number of nitrogens with zero attached hydrogens (tertiary/aromatic N) is 1. The Kier molecular flexibility index (Phi) is 5.46. The zero-order valence-corrected chi connectivity index (χ0v) is 15.0. The summed E-state index contributed by atoms with van der Waals surface area (Å²) in [5.74, 6) is 0.365. The first-order valence-corrected chi connectivity index (χ1v) is 9.95. The van der Waals surface area contributed by atoms with Crippen molar-refractivity contribution in [2.45, 2.75) is 57.3 Å². The quantitative estimate of drug-likeness (QED) is 0.872. The minimum Gasteiger partial charge on any atom is -0.312 e. The number of hydrogen-bond acceptors (Lipinski definition) is 4. The van der Waals surface area contributed by atoms with Gasteiger partial charge in [-0.25, -0.2) is 8.42 Å². The van der Waals surface area contributed by atoms with Crippen molar-refractivity contribution in [3.63, 3.8) is 0 Å². The summed E-state index contributed by atoms with van der Waals surface area (Å²) in [6, 6.07) is 1.98. The van der Waals surface area contributed by atoms with E-state index in [9.17, 15) is 8.42 Å². The molecule has 1 aliphatic rings. The minimum absolute atomic E-state index is 0.148. The molecule has 0 aliphatic carbocycles. The summed E-state index contributed by atoms with van der Waals surface area (Å²) in [6.07, 6.45) is 1.95. The van der Waals surface area contributed by atoms with E-state index in [0.717, 1.165) is 36.4 Å². The molecule has 1 unspecified atom stereocenters. The SMILES string of the molecule is CCNCc1sc(S(=O)(=O)N2CCCC2C(C)C)cc1C. The van der Waals surface area contributed by atoms with Crippen molar-refractivity contribution in [3.05, 3.63) is 16.5 Å². The summed E-state index contributed by atoms with van der Waals surface area (Å²) in [5.41, 5.74) is 1.07. The first-order chi connectivity index (χ1) is 9.87. The van der Waals surface area contributed by atoms with E-state index in [1.54, 1.807) is 4.31 Å². The maximum atomic E-state index is 12.9. The van der Waals surface area contributed by atoms with Gasteiger partial charge in [-0.05, 0) is 43.9 Å². The van der Waals surface area contributed by atoms with Crippen LogP contribution in [0.5, 0.6) is 0 Å². The molecule has 0 spiro atoms. The van der Waals surface area contributed by atoms with Crippen LogP contribution in [0.25, 0.3) is 0 Å². The van der Waals surface area contributed by atoms with Gasteiger partial charge in [0.1, 0.15) is 4.21 Å². The number of rotatable bonds is 6. The Labute approximate surface area is 132 Å². The van der Waals surface area contributed by atoms with Crippen molar-refractivity contribution in [2.75, 3.05) is 13.1 Å². The van der Waals surface area contributed by atoms with Crippen LogP contribution < -0.4 is 5.32 Å². The van der Waals surface area contributed by atoms with Gasteiger partial charge in [0, 0.05) is 24.0 Å². The van der Waals surface area contributed by atoms with E-state index in [0.29, 0.717) is 16.7 Å². The van der Waals surface area contributed by atoms with Gasteiger partial charge in [-0.2, -0.15) is 4.31 Å². The van der Waals surface area contributed by atoms with Gasteiger partial charge in [-0.1, -0.05) is 20.8 Å². The number of thiophene rings is 1. The molecule has 0 bridgehead atoms. The van der Waals surface area contributed by atoms with Gasteiger partial charge >= 0.3 is 0 Å². The molecule has 1 atom stereocenters. The molecule has 1 aromatic heterocycles. The summed E-state index contributed by atoms with van der Waals surface area (Å²) in [4.78, 5) is 1.12. The average Bonchev–Trinajstić information content (AvgIpc) is 3.03. The Hall–Kier alpha value is -0.430. The van der Waals surface area contributed by atoms with Gasteiger partial charge in [0.05, 0.1) is 0 Å². The molecule has 2 heterocycles. The second-order valence-corrected chi connectivity index (χ2v) is 9.28. The summed E-state index contributed by atoms with van der Waals surface area (Å²) in [5, 5.41) is 3.27. The number of sulfonamides is 1. The van der Waals surface area contributed by atoms with Crippen molar-refractivity contribution in [3.8, 4) is 0 Å². The number of nitrogens with one attached hydrogen (secondary N) is 1. The van der Waals surface area contributed by atoms with Crippen LogP contribution in [0.2, 0.25) is 0 Å². The van der Waals surface area contributed by atoms with Crippen LogP contribution in [0.4, 0.5) is 0 Å². The third kappa shape index (κ3) is 3.50. The van der Waals surface area contributed by atoms with Crippen molar-refractivity contribution in [1.29, 1.82) is 0 Å². The predicted molar refractivity (Wildman–Crippen MR) is 88.2 cm³/mol. The van der Waals surface area contributed by atoms with Gasteiger partial charge in [-0.3, -0.25) is 0 Å². The standard InChI is InChI=1S/C15H26N2O2S2/c1-5-16-10-14-12(4)9-15(20-14)21(18,19)17-8-6-7-13(17)11(2)3/h9,11,13,16H,5-8,10H2,1-4H3. The molecule has 0 radical (unpaired) electrons. The van der Waals surface area contributed by atoms with E-state index >= 15 is 0 Å². The normalized spacial score (nSPS) is 20.5. The molecule has 120 valence electrons. The smallest absolute Gasteiger partial charge is 0.252 e. The molecular formula is C15H26N2O2S2. The molecule has 0 amide bonds. The summed E-state index contributed by atoms with van der Waals surface area (Å²) in [7, 11) is -3.34. The molecule has 0 saturated carbocycles. The second-order valence-electron chi connectivity index (χ2n) is 6.02. The summed E-state index contributed by atoms with van der Waals surface area (Å²) in [6.45, 7) is 10.6. The lowest BCUT2D eigenvalue weighted by molar-refractivity contribution is 0.316. The van der Waals surface area contributed by atoms with Crippen LogP contribution in [0.1, 0.15) is 44.1 Å². The zero-order valence-electron chi connectivity index (χ0n) is 13.3. The Morgan fingerprint density at radius 2 is 2.19 bits per heavy atom. The monoisotopic (exact) mass is 330 g/mol. The summed E-state index contributed by atoms with van der Waals surface area (Å²) < 4.78 is 28.0. The highest BCUT2D eigenvalue weighted by molar-refractivity contribution is 7.91. The van der Waals surface area contributed by atoms with Crippen LogP contribution in [0.3, 0.4) is 0 Å². The van der Waals surface area contributed by atoms with Crippen molar-refractivity contribution in [2.24, 2.45) is 5.92 Å². The van der Waals surface area contributed by atoms with Crippen LogP contribution in [0, 0.1) is 12.8 Å². The van der Waals surface area contributed by atoms with Crippen molar-refractivity contribution >= 4 is 21.4 Å². The van der Waals surface area contributed by atoms with E-state index in [1.807, 2.05) is 13.0 Å². The van der Waals surface area contributed by atoms with E-state index in [-0.39, 0.29) is 6.04 Å². The number of aryl methyl sites for hydroxylation is 1. The van der Waals surface area contributed by atoms with E-state index in [1.165, 1.54) is 11.3 Å². The summed E-state index contributed by atoms with van der Waals surface area (Å²) >= 11 is 1.41. The average molecular weight is 331 g/mol. The van der Waals surface area contributed by atoms with Gasteiger partial charge in [0.15, 0.2) is 0 Å². The maximum absolute atomic E-state index is 12.9. The van der Waals surface area contributed by atoms with Crippen LogP contribution in [-0.4, -0.2) is 31.9 Å². The first-order valence-electron chi connectivity index (χ1n) is 7.69. The third-order valence-electron chi connectivity index (χ3n) is 4.11. The third-order valence-corrected chi connectivity index (χ3v) is 7.73. The van der Waals surface area contributed by atoms with Gasteiger partial charge in [0.25, 0.3) is 10.0 Å². The molecule has 1 aromatic rings. The Morgan fingerprint density at radius 3 is 2.81 bits per heavy atom. The van der Waals surface area contributed by atoms with Crippen LogP contribution in [-0.2, 0) is 16.6 Å². The highest BCUT2D eigenvalue weighted by Crippen LogP contribution is 2.34. The maximum Gasteiger partial charge on any atom is 0.252 e. The van der Waals surface area contributed by atoms with Gasteiger partial charge < -0.3 is 5.32 Å². The van der Waals surface area contributed by atoms with E-state index in [2.05, 4.69) is 26.1 Å². The van der Waals surface area contributed by atoms with Crippen LogP contribution in [0.15, 0.2) is 10.3 Å². The lowest BCUT2D eigenvalue weighted by atomic mass is 10.0. The molecule has 1 fully saturated rings. The van der Waals surface area contributed by atoms with Crippen molar-refractivity contribution < 1.29 is 8.42 Å². The Morgan fingerprint density at radius 1 is 1.48 bits per heavy atom. The molecular weight excluding hydrogens is 304 g/mol. The highest BCUT2D eigenvalue weighted by Gasteiger charge is 2.37. The topological polar surface area (TPSA) is 49.4 Å². The molecule has 0 aromatic carbocycles. The fourth-order valence-electron chi connectivity index (χ4n) is 2.88. The molecule has 6 heteroatoms. The largest absolute Gasteiger partial charge is 0.312 e. The first kappa shape index (κ1) is 16.9. The molecule has 21 heavy (non-hydrogen) atoms. The second kappa shape index (κ2) is 6.77. The van der Waals surface area contributed by atoms with Crippen LogP contribution >= 0.6 is 11.3 Å². The van der Waals surface area contributed by atoms with Crippen molar-refractivity contribution in [1.82, 2.24) is 9.62 Å². The molecule has 4 nitrogen and oxygen atoms in total. The van der Waals surface area contributed by atoms with E-state index in [4.69, 9.17) is 0 Å². The molecule has 1 saturated heterocycles. The molecule has 1 N–H and O–H groups in total. The minimum atomic E-state index is -3.34. The highest BCUT2D eigenvalue weighted by atomic mass is 32.2. The predicted octanol–water partition coefficient (Wildman–Crippen LogP) is 2.98. The fraction of sp³-hybridized carbons (Fsp3) is 0.733. The van der Waals surface area contributed by atoms with Gasteiger partial charge in [0.2, 0.25) is 0 Å². The lowest BCUT2D eigenvalue weighted by Gasteiger charge is -2.26. The molecule has 2 rings (SSSR count). The number of hydrogen-bond donors (Lipinski definition) is 1. The fourth-order valence-corrected chi connectivity index (χ4v) is 6.39. The Bertz CT molecular complexity index is 578. The Balaban J connectivity index is 2.27. The molecule has 1 aliphatic heterocycles.